The van der Waals surface area contributed by atoms with Gasteiger partial charge in [0.15, 0.2) is 9.84 Å². The molecule has 0 aliphatic heterocycles. The molecule has 0 bridgehead atoms. The predicted molar refractivity (Wildman–Crippen MR) is 126 cm³/mol. The molecule has 0 spiro atoms. The molecule has 0 aliphatic rings. The number of benzene rings is 1. The molecule has 1 aromatic carbocycles. The molecule has 1 rings (SSSR count). The fraction of sp³-hybridized carbons (Fsp3) is 0.625. The summed E-state index contributed by atoms with van der Waals surface area (Å²) in [6.45, 7) is 0.758. The van der Waals surface area contributed by atoms with Crippen molar-refractivity contribution in [3.05, 3.63) is 28.7 Å². The highest BCUT2D eigenvalue weighted by atomic mass is 79.9. The maximum absolute atomic E-state index is 13.8. The van der Waals surface area contributed by atoms with E-state index in [2.05, 4.69) is 15.9 Å². The Balaban J connectivity index is 3.04. The van der Waals surface area contributed by atoms with Gasteiger partial charge in [0, 0.05) is 54.2 Å². The van der Waals surface area contributed by atoms with Gasteiger partial charge >= 0.3 is 7.67 Å². The van der Waals surface area contributed by atoms with Gasteiger partial charge in [-0.3, -0.25) is 4.57 Å². The van der Waals surface area contributed by atoms with Crippen LogP contribution < -0.4 is 0 Å². The van der Waals surface area contributed by atoms with Gasteiger partial charge in [0.25, 0.3) is 0 Å². The molecule has 0 saturated carbocycles. The van der Waals surface area contributed by atoms with Crippen LogP contribution in [-0.4, -0.2) is 79.8 Å². The van der Waals surface area contributed by atoms with Gasteiger partial charge in [-0.05, 0) is 24.3 Å². The van der Waals surface area contributed by atoms with Crippen molar-refractivity contribution in [3.63, 3.8) is 0 Å². The third kappa shape index (κ3) is 8.76. The smallest absolute Gasteiger partial charge is 0.305 e. The first-order valence-electron chi connectivity index (χ1n) is 8.72. The molecular weight excluding hydrogens is 569 g/mol. The van der Waals surface area contributed by atoms with Gasteiger partial charge in [-0.1, -0.05) is 15.9 Å². The quantitative estimate of drug-likeness (QED) is 0.213. The molecule has 0 atom stereocenters. The molecule has 29 heavy (non-hydrogen) atoms. The lowest BCUT2D eigenvalue weighted by molar-refractivity contribution is 0.226. The van der Waals surface area contributed by atoms with Crippen molar-refractivity contribution < 1.29 is 17.5 Å². The third-order valence-electron chi connectivity index (χ3n) is 3.87. The zero-order valence-corrected chi connectivity index (χ0v) is 22.0. The normalized spacial score (nSPS) is 12.8. The lowest BCUT2D eigenvalue weighted by atomic mass is 10.4. The summed E-state index contributed by atoms with van der Waals surface area (Å²) in [4.78, 5) is 0.163. The van der Waals surface area contributed by atoms with E-state index in [9.17, 15) is 13.0 Å². The van der Waals surface area contributed by atoms with E-state index in [1.54, 1.807) is 21.5 Å². The molecule has 0 amide bonds. The van der Waals surface area contributed by atoms with E-state index in [1.165, 1.54) is 12.1 Å². The average Bonchev–Trinajstić information content (AvgIpc) is 2.67. The Hall–Kier alpha value is 0.920. The predicted octanol–water partition coefficient (Wildman–Crippen LogP) is 4.91. The minimum Gasteiger partial charge on any atom is -0.305 e. The third-order valence-corrected chi connectivity index (χ3v) is 9.52. The van der Waals surface area contributed by atoms with Crippen molar-refractivity contribution in [2.24, 2.45) is 0 Å². The summed E-state index contributed by atoms with van der Waals surface area (Å²) in [7, 11) is -7.24. The van der Waals surface area contributed by atoms with Crippen LogP contribution in [0, 0.1) is 0 Å². The molecule has 168 valence electrons. The SMILES string of the molecule is O=P(OCCS(=O)(=O)c1ccc(Br)cc1)(N(CCCl)CCCl)N(CCCl)CCCl. The zero-order valence-electron chi connectivity index (χ0n) is 15.7. The molecule has 0 aliphatic carbocycles. The highest BCUT2D eigenvalue weighted by molar-refractivity contribution is 9.10. The first-order chi connectivity index (χ1) is 13.7. The topological polar surface area (TPSA) is 66.9 Å². The highest BCUT2D eigenvalue weighted by Crippen LogP contribution is 2.54. The summed E-state index contributed by atoms with van der Waals surface area (Å²) in [6, 6.07) is 6.28. The maximum atomic E-state index is 13.8. The average molecular weight is 593 g/mol. The van der Waals surface area contributed by atoms with Crippen LogP contribution in [-0.2, 0) is 18.9 Å². The second kappa shape index (κ2) is 14.1. The fourth-order valence-electron chi connectivity index (χ4n) is 2.49. The molecule has 6 nitrogen and oxygen atoms in total. The summed E-state index contributed by atoms with van der Waals surface area (Å²) in [5, 5.41) is 0. The number of sulfone groups is 1. The van der Waals surface area contributed by atoms with Crippen LogP contribution in [0.4, 0.5) is 0 Å². The fourth-order valence-corrected chi connectivity index (χ4v) is 7.68. The van der Waals surface area contributed by atoms with Gasteiger partial charge in [-0.25, -0.2) is 17.8 Å². The minimum atomic E-state index is -3.63. The maximum Gasteiger partial charge on any atom is 0.346 e. The van der Waals surface area contributed by atoms with Crippen LogP contribution in [0.25, 0.3) is 0 Å². The van der Waals surface area contributed by atoms with Gasteiger partial charge in [0.05, 0.1) is 17.3 Å². The number of nitrogens with zero attached hydrogens (tertiary/aromatic N) is 2. The number of halogens is 5. The van der Waals surface area contributed by atoms with E-state index in [-0.39, 0.29) is 67.0 Å². The van der Waals surface area contributed by atoms with E-state index >= 15 is 0 Å². The molecular formula is C16H24BrCl4N2O4PS. The second-order valence-corrected chi connectivity index (χ2v) is 12.7. The van der Waals surface area contributed by atoms with Crippen LogP contribution in [0.1, 0.15) is 0 Å². The number of hydrogen-bond donors (Lipinski definition) is 0. The summed E-state index contributed by atoms with van der Waals surface area (Å²) < 4.78 is 48.6. The molecule has 0 fully saturated rings. The zero-order chi connectivity index (χ0) is 21.9. The van der Waals surface area contributed by atoms with E-state index < -0.39 is 17.5 Å². The molecule has 0 radical (unpaired) electrons. The number of hydrogen-bond acceptors (Lipinski definition) is 4. The molecule has 0 saturated heterocycles. The Labute approximate surface area is 201 Å². The van der Waals surface area contributed by atoms with Crippen molar-refractivity contribution in [3.8, 4) is 0 Å². The van der Waals surface area contributed by atoms with Crippen LogP contribution in [0.5, 0.6) is 0 Å². The summed E-state index contributed by atoms with van der Waals surface area (Å²) in [6.07, 6.45) is 0. The van der Waals surface area contributed by atoms with Gasteiger partial charge in [-0.2, -0.15) is 0 Å². The molecule has 0 heterocycles. The molecule has 1 aromatic rings. The van der Waals surface area contributed by atoms with Crippen LogP contribution in [0.2, 0.25) is 0 Å². The van der Waals surface area contributed by atoms with Gasteiger partial charge in [0.1, 0.15) is 0 Å². The van der Waals surface area contributed by atoms with Crippen molar-refractivity contribution in [2.75, 3.05) is 62.1 Å². The van der Waals surface area contributed by atoms with Crippen molar-refractivity contribution in [2.45, 2.75) is 4.90 Å². The molecule has 0 N–H and O–H groups in total. The molecule has 0 aromatic heterocycles. The standard InChI is InChI=1S/C16H24BrCl4N2O4PS/c17-15-1-3-16(4-2-15)29(25,26)14-13-27-28(24,22(9-5-18)10-6-19)23(11-7-20)12-8-21/h1-4H,5-14H2. The first-order valence-corrected chi connectivity index (χ1v) is 14.8. The van der Waals surface area contributed by atoms with Crippen molar-refractivity contribution >= 4 is 79.8 Å². The Morgan fingerprint density at radius 1 is 0.862 bits per heavy atom. The Morgan fingerprint density at radius 3 is 1.66 bits per heavy atom. The van der Waals surface area contributed by atoms with E-state index in [0.717, 1.165) is 4.47 Å². The highest BCUT2D eigenvalue weighted by Gasteiger charge is 2.38. The Bertz CT molecular complexity index is 726. The van der Waals surface area contributed by atoms with E-state index in [4.69, 9.17) is 50.9 Å². The van der Waals surface area contributed by atoms with Crippen LogP contribution >= 0.6 is 70.0 Å². The molecule has 0 unspecified atom stereocenters. The van der Waals surface area contributed by atoms with Gasteiger partial charge in [0.2, 0.25) is 0 Å². The Morgan fingerprint density at radius 2 is 1.28 bits per heavy atom. The van der Waals surface area contributed by atoms with Gasteiger partial charge in [-0.15, -0.1) is 46.4 Å². The summed E-state index contributed by atoms with van der Waals surface area (Å²) in [5.41, 5.74) is 0. The number of alkyl halides is 4. The lowest BCUT2D eigenvalue weighted by Gasteiger charge is -2.37. The van der Waals surface area contributed by atoms with Crippen LogP contribution in [0.3, 0.4) is 0 Å². The minimum absolute atomic E-state index is 0.163. The van der Waals surface area contributed by atoms with Crippen molar-refractivity contribution in [1.29, 1.82) is 0 Å². The Kier molecular flexibility index (Phi) is 13.6. The van der Waals surface area contributed by atoms with Gasteiger partial charge < -0.3 is 4.52 Å². The largest absolute Gasteiger partial charge is 0.346 e. The van der Waals surface area contributed by atoms with E-state index in [1.807, 2.05) is 0 Å². The van der Waals surface area contributed by atoms with Crippen molar-refractivity contribution in [1.82, 2.24) is 9.34 Å². The van der Waals surface area contributed by atoms with Crippen LogP contribution in [0.15, 0.2) is 33.6 Å². The lowest BCUT2D eigenvalue weighted by Crippen LogP contribution is -2.38. The molecule has 13 heteroatoms. The monoisotopic (exact) mass is 590 g/mol. The summed E-state index contributed by atoms with van der Waals surface area (Å²) in [5.74, 6) is 0.492. The summed E-state index contributed by atoms with van der Waals surface area (Å²) >= 11 is 26.7. The van der Waals surface area contributed by atoms with E-state index in [0.29, 0.717) is 0 Å². The number of rotatable bonds is 15. The first kappa shape index (κ1) is 28.0. The second-order valence-electron chi connectivity index (χ2n) is 5.76.